The van der Waals surface area contributed by atoms with E-state index in [1.54, 1.807) is 10.6 Å². The van der Waals surface area contributed by atoms with Crippen LogP contribution in [0.2, 0.25) is 0 Å². The molecule has 0 bridgehead atoms. The summed E-state index contributed by atoms with van der Waals surface area (Å²) in [5.41, 5.74) is 0.519. The molecule has 2 fully saturated rings. The number of sulfone groups is 1. The molecule has 2 aliphatic heterocycles. The topological polar surface area (TPSA) is 154 Å². The number of fused-ring (bicyclic) bond motifs is 2. The lowest BCUT2D eigenvalue weighted by molar-refractivity contribution is -0.167. The summed E-state index contributed by atoms with van der Waals surface area (Å²) in [4.78, 5) is 45.1. The molecule has 2 aromatic rings. The van der Waals surface area contributed by atoms with Crippen LogP contribution in [0.4, 0.5) is 4.79 Å². The second kappa shape index (κ2) is 10.9. The molecule has 1 saturated heterocycles. The van der Waals surface area contributed by atoms with Gasteiger partial charge in [-0.1, -0.05) is 27.7 Å². The minimum Gasteiger partial charge on any atom is -0.431 e. The number of rotatable bonds is 8. The summed E-state index contributed by atoms with van der Waals surface area (Å²) in [5, 5.41) is 10.2. The molecular weight excluding hydrogens is 586 g/mol. The summed E-state index contributed by atoms with van der Waals surface area (Å²) >= 11 is 1.12. The van der Waals surface area contributed by atoms with Gasteiger partial charge in [0, 0.05) is 23.9 Å². The number of hydrogen-bond acceptors (Lipinski definition) is 11. The minimum absolute atomic E-state index is 0.0234. The molecule has 42 heavy (non-hydrogen) atoms. The highest BCUT2D eigenvalue weighted by molar-refractivity contribution is 7.91. The van der Waals surface area contributed by atoms with Crippen LogP contribution >= 0.6 is 11.3 Å². The van der Waals surface area contributed by atoms with Crippen LogP contribution in [-0.2, 0) is 33.6 Å². The predicted molar refractivity (Wildman–Crippen MR) is 152 cm³/mol. The highest BCUT2D eigenvalue weighted by Gasteiger charge is 2.60. The van der Waals surface area contributed by atoms with Crippen molar-refractivity contribution in [3.05, 3.63) is 23.1 Å². The third kappa shape index (κ3) is 5.21. The number of aliphatic hydroxyl groups is 1. The standard InChI is InChI=1S/C28H37N3O9S2/c1-14(2)28(5)9-7-8-17(10-28)40-27(35)39-13-38-26(34)22-19(15(3)21-20(16(4)32)24(33)31(21)22)18-11-30-12-29-23(25(30)41-18)42(6,36)37/h11-12,14-17,20-21,32H,7-10,13H2,1-6H3/t15-,16+,17?,20+,21+,28?/m0/s1. The number of ether oxygens (including phenoxy) is 3. The monoisotopic (exact) mass is 623 g/mol. The van der Waals surface area contributed by atoms with Crippen molar-refractivity contribution in [1.29, 1.82) is 0 Å². The summed E-state index contributed by atoms with van der Waals surface area (Å²) in [6.45, 7) is 9.15. The van der Waals surface area contributed by atoms with Gasteiger partial charge >= 0.3 is 12.1 Å². The van der Waals surface area contributed by atoms with E-state index in [4.69, 9.17) is 14.2 Å². The summed E-state index contributed by atoms with van der Waals surface area (Å²) < 4.78 is 41.9. The lowest BCUT2D eigenvalue weighted by atomic mass is 9.67. The largest absolute Gasteiger partial charge is 0.511 e. The van der Waals surface area contributed by atoms with Crippen LogP contribution in [0.15, 0.2) is 23.2 Å². The highest BCUT2D eigenvalue weighted by Crippen LogP contribution is 2.52. The van der Waals surface area contributed by atoms with Gasteiger partial charge in [0.2, 0.25) is 12.7 Å². The Morgan fingerprint density at radius 2 is 1.98 bits per heavy atom. The quantitative estimate of drug-likeness (QED) is 0.262. The third-order valence-corrected chi connectivity index (χ3v) is 11.4. The maximum absolute atomic E-state index is 13.4. The molecule has 2 aromatic heterocycles. The second-order valence-corrected chi connectivity index (χ2v) is 15.2. The number of aromatic nitrogens is 2. The molecule has 14 heteroatoms. The fourth-order valence-corrected chi connectivity index (χ4v) is 8.85. The van der Waals surface area contributed by atoms with Gasteiger partial charge < -0.3 is 24.2 Å². The Bertz CT molecular complexity index is 1560. The Kier molecular flexibility index (Phi) is 7.94. The van der Waals surface area contributed by atoms with E-state index in [0.29, 0.717) is 21.2 Å². The van der Waals surface area contributed by atoms with E-state index in [1.807, 2.05) is 6.92 Å². The van der Waals surface area contributed by atoms with E-state index in [2.05, 4.69) is 25.8 Å². The summed E-state index contributed by atoms with van der Waals surface area (Å²) in [7, 11) is -3.61. The van der Waals surface area contributed by atoms with Gasteiger partial charge in [0.25, 0.3) is 0 Å². The number of aliphatic hydroxyl groups excluding tert-OH is 1. The lowest BCUT2D eigenvalue weighted by Crippen LogP contribution is -2.63. The van der Waals surface area contributed by atoms with E-state index in [9.17, 15) is 27.9 Å². The molecule has 1 aliphatic carbocycles. The first-order valence-corrected chi connectivity index (χ1v) is 16.8. The van der Waals surface area contributed by atoms with Crippen LogP contribution in [-0.4, -0.2) is 77.1 Å². The predicted octanol–water partition coefficient (Wildman–Crippen LogP) is 3.63. The molecule has 6 atom stereocenters. The van der Waals surface area contributed by atoms with Crippen LogP contribution in [0, 0.1) is 23.2 Å². The molecule has 12 nitrogen and oxygen atoms in total. The number of hydrogen-bond donors (Lipinski definition) is 1. The van der Waals surface area contributed by atoms with Gasteiger partial charge in [0.1, 0.15) is 23.0 Å². The average molecular weight is 624 g/mol. The molecule has 3 aliphatic rings. The van der Waals surface area contributed by atoms with Crippen molar-refractivity contribution in [3.63, 3.8) is 0 Å². The van der Waals surface area contributed by atoms with Gasteiger partial charge in [-0.3, -0.25) is 9.20 Å². The van der Waals surface area contributed by atoms with Gasteiger partial charge in [-0.15, -0.1) is 11.3 Å². The Balaban J connectivity index is 1.34. The number of β-lactam (4-membered cyclic amide) rings is 1. The van der Waals surface area contributed by atoms with Crippen molar-refractivity contribution in [2.75, 3.05) is 13.0 Å². The van der Waals surface area contributed by atoms with E-state index in [0.717, 1.165) is 43.3 Å². The van der Waals surface area contributed by atoms with E-state index >= 15 is 0 Å². The molecule has 1 N–H and O–H groups in total. The number of amides is 1. The van der Waals surface area contributed by atoms with Crippen molar-refractivity contribution < 1.29 is 42.1 Å². The number of nitrogens with zero attached hydrogens (tertiary/aromatic N) is 3. The van der Waals surface area contributed by atoms with E-state index in [-0.39, 0.29) is 28.2 Å². The molecule has 0 radical (unpaired) electrons. The summed E-state index contributed by atoms with van der Waals surface area (Å²) in [5.74, 6) is -1.96. The summed E-state index contributed by atoms with van der Waals surface area (Å²) in [6.07, 6.45) is 5.39. The minimum atomic E-state index is -3.61. The molecule has 4 heterocycles. The van der Waals surface area contributed by atoms with Gasteiger partial charge in [0.05, 0.1) is 22.9 Å². The second-order valence-electron chi connectivity index (χ2n) is 12.2. The molecule has 1 amide bonds. The first-order valence-electron chi connectivity index (χ1n) is 14.1. The zero-order valence-electron chi connectivity index (χ0n) is 24.5. The maximum atomic E-state index is 13.4. The fourth-order valence-electron chi connectivity index (χ4n) is 6.49. The van der Waals surface area contributed by atoms with Gasteiger partial charge in [-0.2, -0.15) is 0 Å². The number of thiazole rings is 1. The zero-order valence-corrected chi connectivity index (χ0v) is 26.2. The first kappa shape index (κ1) is 30.5. The van der Waals surface area contributed by atoms with E-state index < -0.39 is 52.7 Å². The van der Waals surface area contributed by atoms with Gasteiger partial charge in [-0.25, -0.2) is 23.0 Å². The van der Waals surface area contributed by atoms with E-state index in [1.165, 1.54) is 18.2 Å². The van der Waals surface area contributed by atoms with Crippen molar-refractivity contribution >= 4 is 49.6 Å². The molecule has 5 rings (SSSR count). The highest BCUT2D eigenvalue weighted by atomic mass is 32.2. The Morgan fingerprint density at radius 1 is 1.26 bits per heavy atom. The third-order valence-electron chi connectivity index (χ3n) is 9.15. The van der Waals surface area contributed by atoms with Gasteiger partial charge in [0.15, 0.2) is 14.9 Å². The smallest absolute Gasteiger partial charge is 0.431 e. The van der Waals surface area contributed by atoms with Crippen LogP contribution in [0.5, 0.6) is 0 Å². The number of imidazole rings is 1. The van der Waals surface area contributed by atoms with Crippen molar-refractivity contribution in [2.24, 2.45) is 23.2 Å². The van der Waals surface area contributed by atoms with Crippen molar-refractivity contribution in [3.8, 4) is 0 Å². The van der Waals surface area contributed by atoms with Crippen molar-refractivity contribution in [1.82, 2.24) is 14.3 Å². The number of carbonyl (C=O) groups is 3. The Morgan fingerprint density at radius 3 is 2.62 bits per heavy atom. The number of esters is 1. The van der Waals surface area contributed by atoms with Crippen molar-refractivity contribution in [2.45, 2.75) is 83.6 Å². The van der Waals surface area contributed by atoms with Crippen LogP contribution < -0.4 is 0 Å². The van der Waals surface area contributed by atoms with Crippen LogP contribution in [0.3, 0.4) is 0 Å². The first-order chi connectivity index (χ1) is 19.6. The molecule has 0 spiro atoms. The zero-order chi connectivity index (χ0) is 30.7. The molecule has 0 aromatic carbocycles. The SMILES string of the molecule is CC(C)C1(C)CCCC(OC(=O)OCOC(=O)C2=C(c3cn4cnc(S(C)(=O)=O)c4s3)[C@H](C)[C@@H]3[C@@H]([C@@H](C)O)C(=O)N23)C1. The number of carbonyl (C=O) groups excluding carboxylic acids is 3. The Labute approximate surface area is 248 Å². The molecule has 1 saturated carbocycles. The van der Waals surface area contributed by atoms with Crippen LogP contribution in [0.25, 0.3) is 10.4 Å². The molecule has 2 unspecified atom stereocenters. The Hall–Kier alpha value is -2.97. The molecule has 230 valence electrons. The normalized spacial score (nSPS) is 28.6. The fraction of sp³-hybridized carbons (Fsp3) is 0.643. The maximum Gasteiger partial charge on any atom is 0.511 e. The lowest BCUT2D eigenvalue weighted by Gasteiger charge is -2.46. The summed E-state index contributed by atoms with van der Waals surface area (Å²) in [6, 6.07) is -0.489. The molecular formula is C28H37N3O9S2. The average Bonchev–Trinajstić information content (AvgIpc) is 3.53. The van der Waals surface area contributed by atoms with Gasteiger partial charge in [-0.05, 0) is 43.9 Å². The van der Waals surface area contributed by atoms with Crippen LogP contribution in [0.1, 0.15) is 65.2 Å².